The monoisotopic (exact) mass is 311 g/mol. The number of aliphatic hydroxyl groups excluding tert-OH is 1. The highest BCUT2D eigenvalue weighted by molar-refractivity contribution is 5.85. The standard InChI is InChI=1S/C14H20F3NO.ClH/c1-9(2)6-7-12(19)13(18)10-4-3-5-11(8-10)14(15,16)17;/h3-5,8-9,12-13,19H,6-7,18H2,1-2H3;1H/t12-,13+;/m0./s1. The average molecular weight is 312 g/mol. The second kappa shape index (κ2) is 7.86. The van der Waals surface area contributed by atoms with E-state index in [2.05, 4.69) is 0 Å². The zero-order valence-corrected chi connectivity index (χ0v) is 12.3. The molecule has 2 nitrogen and oxygen atoms in total. The number of aliphatic hydroxyl groups is 1. The maximum atomic E-state index is 12.6. The second-order valence-corrected chi connectivity index (χ2v) is 5.19. The molecular formula is C14H21ClF3NO. The minimum atomic E-state index is -4.39. The molecule has 0 heterocycles. The molecule has 2 atom stereocenters. The van der Waals surface area contributed by atoms with Crippen molar-refractivity contribution in [1.29, 1.82) is 0 Å². The Balaban J connectivity index is 0.00000361. The van der Waals surface area contributed by atoms with Crippen LogP contribution in [-0.4, -0.2) is 11.2 Å². The Bertz CT molecular complexity index is 410. The van der Waals surface area contributed by atoms with Crippen LogP contribution >= 0.6 is 12.4 Å². The molecule has 116 valence electrons. The molecule has 6 heteroatoms. The smallest absolute Gasteiger partial charge is 0.391 e. The molecule has 1 aromatic carbocycles. The molecule has 0 aromatic heterocycles. The van der Waals surface area contributed by atoms with Crippen LogP contribution in [0.2, 0.25) is 0 Å². The predicted octanol–water partition coefficient (Wildman–Crippen LogP) is 3.92. The van der Waals surface area contributed by atoms with Gasteiger partial charge in [0, 0.05) is 0 Å². The molecular weight excluding hydrogens is 291 g/mol. The Labute approximate surface area is 123 Å². The molecule has 0 fully saturated rings. The number of hydrogen-bond donors (Lipinski definition) is 2. The summed E-state index contributed by atoms with van der Waals surface area (Å²) in [4.78, 5) is 0. The first-order chi connectivity index (χ1) is 8.71. The predicted molar refractivity (Wildman–Crippen MR) is 75.7 cm³/mol. The number of alkyl halides is 3. The number of halogens is 4. The molecule has 0 bridgehead atoms. The van der Waals surface area contributed by atoms with Crippen molar-refractivity contribution >= 4 is 12.4 Å². The summed E-state index contributed by atoms with van der Waals surface area (Å²) in [7, 11) is 0. The molecule has 1 rings (SSSR count). The van der Waals surface area contributed by atoms with Gasteiger partial charge in [0.1, 0.15) is 0 Å². The molecule has 0 saturated carbocycles. The molecule has 0 radical (unpaired) electrons. The van der Waals surface area contributed by atoms with E-state index in [1.54, 1.807) is 0 Å². The van der Waals surface area contributed by atoms with Gasteiger partial charge in [-0.2, -0.15) is 13.2 Å². The lowest BCUT2D eigenvalue weighted by atomic mass is 9.95. The van der Waals surface area contributed by atoms with Gasteiger partial charge in [0.15, 0.2) is 0 Å². The lowest BCUT2D eigenvalue weighted by molar-refractivity contribution is -0.137. The van der Waals surface area contributed by atoms with Gasteiger partial charge in [0.05, 0.1) is 17.7 Å². The topological polar surface area (TPSA) is 46.2 Å². The van der Waals surface area contributed by atoms with Crippen molar-refractivity contribution in [3.8, 4) is 0 Å². The summed E-state index contributed by atoms with van der Waals surface area (Å²) in [6, 6.07) is 4.03. The Morgan fingerprint density at radius 2 is 1.80 bits per heavy atom. The summed E-state index contributed by atoms with van der Waals surface area (Å²) in [6.07, 6.45) is -3.95. The first-order valence-corrected chi connectivity index (χ1v) is 6.32. The maximum Gasteiger partial charge on any atom is 0.416 e. The fraction of sp³-hybridized carbons (Fsp3) is 0.571. The van der Waals surface area contributed by atoms with Crippen LogP contribution in [0.25, 0.3) is 0 Å². The van der Waals surface area contributed by atoms with Crippen molar-refractivity contribution in [2.24, 2.45) is 11.7 Å². The summed E-state index contributed by atoms with van der Waals surface area (Å²) in [5.74, 6) is 0.420. The van der Waals surface area contributed by atoms with E-state index >= 15 is 0 Å². The van der Waals surface area contributed by atoms with Crippen LogP contribution in [0, 0.1) is 5.92 Å². The van der Waals surface area contributed by atoms with Crippen molar-refractivity contribution in [3.63, 3.8) is 0 Å². The van der Waals surface area contributed by atoms with Crippen LogP contribution in [-0.2, 0) is 6.18 Å². The van der Waals surface area contributed by atoms with Crippen LogP contribution < -0.4 is 5.73 Å². The normalized spacial score (nSPS) is 14.8. The van der Waals surface area contributed by atoms with Gasteiger partial charge in [-0.1, -0.05) is 26.0 Å². The third-order valence-corrected chi connectivity index (χ3v) is 3.05. The lowest BCUT2D eigenvalue weighted by Crippen LogP contribution is -2.26. The molecule has 3 N–H and O–H groups in total. The third-order valence-electron chi connectivity index (χ3n) is 3.05. The summed E-state index contributed by atoms with van der Waals surface area (Å²) in [6.45, 7) is 4.03. The van der Waals surface area contributed by atoms with Crippen molar-refractivity contribution < 1.29 is 18.3 Å². The van der Waals surface area contributed by atoms with E-state index in [9.17, 15) is 18.3 Å². The number of hydrogen-bond acceptors (Lipinski definition) is 2. The molecule has 0 unspecified atom stereocenters. The zero-order chi connectivity index (χ0) is 14.6. The number of benzene rings is 1. The van der Waals surface area contributed by atoms with Crippen LogP contribution in [0.15, 0.2) is 24.3 Å². The molecule has 0 aliphatic carbocycles. The van der Waals surface area contributed by atoms with E-state index in [4.69, 9.17) is 5.73 Å². The van der Waals surface area contributed by atoms with Crippen molar-refractivity contribution in [1.82, 2.24) is 0 Å². The van der Waals surface area contributed by atoms with Gasteiger partial charge in [-0.3, -0.25) is 0 Å². The van der Waals surface area contributed by atoms with Gasteiger partial charge in [-0.15, -0.1) is 12.4 Å². The zero-order valence-electron chi connectivity index (χ0n) is 11.5. The third kappa shape index (κ3) is 5.69. The minimum absolute atomic E-state index is 0. The van der Waals surface area contributed by atoms with Gasteiger partial charge in [-0.25, -0.2) is 0 Å². The summed E-state index contributed by atoms with van der Waals surface area (Å²) in [5.41, 5.74) is 5.39. The Hall–Kier alpha value is -0.780. The summed E-state index contributed by atoms with van der Waals surface area (Å²) in [5, 5.41) is 9.91. The van der Waals surface area contributed by atoms with E-state index in [1.165, 1.54) is 12.1 Å². The lowest BCUT2D eigenvalue weighted by Gasteiger charge is -2.21. The number of nitrogens with two attached hydrogens (primary N) is 1. The quantitative estimate of drug-likeness (QED) is 0.865. The van der Waals surface area contributed by atoms with Crippen molar-refractivity contribution in [2.75, 3.05) is 0 Å². The Morgan fingerprint density at radius 1 is 1.20 bits per heavy atom. The van der Waals surface area contributed by atoms with Crippen molar-refractivity contribution in [3.05, 3.63) is 35.4 Å². The Morgan fingerprint density at radius 3 is 2.30 bits per heavy atom. The average Bonchev–Trinajstić information content (AvgIpc) is 2.34. The van der Waals surface area contributed by atoms with E-state index in [0.717, 1.165) is 18.6 Å². The summed E-state index contributed by atoms with van der Waals surface area (Å²) >= 11 is 0. The summed E-state index contributed by atoms with van der Waals surface area (Å²) < 4.78 is 37.7. The largest absolute Gasteiger partial charge is 0.416 e. The van der Waals surface area contributed by atoms with Gasteiger partial charge in [0.2, 0.25) is 0 Å². The molecule has 0 amide bonds. The molecule has 0 saturated heterocycles. The Kier molecular flexibility index (Phi) is 7.55. The SMILES string of the molecule is CC(C)CC[C@H](O)[C@H](N)c1cccc(C(F)(F)F)c1.Cl. The molecule has 20 heavy (non-hydrogen) atoms. The van der Waals surface area contributed by atoms with E-state index in [-0.39, 0.29) is 12.4 Å². The first kappa shape index (κ1) is 19.2. The maximum absolute atomic E-state index is 12.6. The van der Waals surface area contributed by atoms with Gasteiger partial charge < -0.3 is 10.8 Å². The minimum Gasteiger partial charge on any atom is -0.391 e. The highest BCUT2D eigenvalue weighted by atomic mass is 35.5. The fourth-order valence-electron chi connectivity index (χ4n) is 1.83. The van der Waals surface area contributed by atoms with Crippen LogP contribution in [0.4, 0.5) is 13.2 Å². The molecule has 0 aliphatic rings. The first-order valence-electron chi connectivity index (χ1n) is 6.32. The highest BCUT2D eigenvalue weighted by Gasteiger charge is 2.31. The van der Waals surface area contributed by atoms with E-state index in [0.29, 0.717) is 17.9 Å². The van der Waals surface area contributed by atoms with E-state index in [1.807, 2.05) is 13.8 Å². The molecule has 0 aliphatic heterocycles. The fourth-order valence-corrected chi connectivity index (χ4v) is 1.83. The second-order valence-electron chi connectivity index (χ2n) is 5.19. The van der Waals surface area contributed by atoms with Crippen LogP contribution in [0.1, 0.15) is 43.9 Å². The van der Waals surface area contributed by atoms with Gasteiger partial charge in [0.25, 0.3) is 0 Å². The van der Waals surface area contributed by atoms with Gasteiger partial charge in [-0.05, 0) is 36.5 Å². The van der Waals surface area contributed by atoms with Crippen molar-refractivity contribution in [2.45, 2.75) is 45.0 Å². The van der Waals surface area contributed by atoms with Crippen LogP contribution in [0.5, 0.6) is 0 Å². The number of rotatable bonds is 5. The van der Waals surface area contributed by atoms with Gasteiger partial charge >= 0.3 is 6.18 Å². The molecule has 0 spiro atoms. The highest BCUT2D eigenvalue weighted by Crippen LogP contribution is 2.31. The van der Waals surface area contributed by atoms with Crippen LogP contribution in [0.3, 0.4) is 0 Å². The van der Waals surface area contributed by atoms with E-state index < -0.39 is 23.9 Å². The molecule has 1 aromatic rings.